The number of hydrogen-bond acceptors (Lipinski definition) is 0. The maximum atomic E-state index is 3.59. The van der Waals surface area contributed by atoms with E-state index in [1.807, 2.05) is 12.2 Å². The third kappa shape index (κ3) is 4.61. The maximum absolute atomic E-state index is 3.59. The minimum absolute atomic E-state index is 0. The van der Waals surface area contributed by atoms with Crippen molar-refractivity contribution in [3.8, 4) is 11.1 Å². The van der Waals surface area contributed by atoms with Gasteiger partial charge in [0, 0.05) is 0 Å². The summed E-state index contributed by atoms with van der Waals surface area (Å²) < 4.78 is 0. The van der Waals surface area contributed by atoms with Crippen molar-refractivity contribution in [1.29, 1.82) is 0 Å². The van der Waals surface area contributed by atoms with Crippen molar-refractivity contribution in [2.75, 3.05) is 0 Å². The molecule has 27 heavy (non-hydrogen) atoms. The summed E-state index contributed by atoms with van der Waals surface area (Å²) in [5.74, 6) is 0. The van der Waals surface area contributed by atoms with E-state index in [0.717, 1.165) is 12.0 Å². The molecule has 4 heteroatoms. The van der Waals surface area contributed by atoms with Gasteiger partial charge in [-0.15, -0.1) is 17.5 Å². The molecular formula is C23H24Cl2HfSi. The van der Waals surface area contributed by atoms with E-state index in [1.54, 1.807) is 5.56 Å². The van der Waals surface area contributed by atoms with Gasteiger partial charge in [-0.3, -0.25) is 6.08 Å². The molecule has 1 atom stereocenters. The summed E-state index contributed by atoms with van der Waals surface area (Å²) in [4.78, 5) is 0. The Bertz CT molecular complexity index is 735. The number of benzene rings is 2. The first-order valence-corrected chi connectivity index (χ1v) is 11.9. The molecule has 0 saturated carbocycles. The van der Waals surface area contributed by atoms with Crippen LogP contribution in [0.1, 0.15) is 36.4 Å². The van der Waals surface area contributed by atoms with Gasteiger partial charge in [0.25, 0.3) is 0 Å². The molecule has 2 aromatic rings. The third-order valence-corrected chi connectivity index (χ3v) is 11.9. The van der Waals surface area contributed by atoms with Gasteiger partial charge in [-0.05, 0) is 11.1 Å². The molecule has 0 nitrogen and oxygen atoms in total. The Kier molecular flexibility index (Phi) is 9.99. The van der Waals surface area contributed by atoms with Crippen LogP contribution in [0.15, 0.2) is 60.7 Å². The van der Waals surface area contributed by atoms with Gasteiger partial charge in [-0.25, -0.2) is 12.2 Å². The van der Waals surface area contributed by atoms with Gasteiger partial charge in [0.05, 0.1) is 8.07 Å². The van der Waals surface area contributed by atoms with Crippen molar-refractivity contribution in [1.82, 2.24) is 0 Å². The fourth-order valence-corrected chi connectivity index (χ4v) is 9.24. The van der Waals surface area contributed by atoms with E-state index in [1.165, 1.54) is 41.2 Å². The smallest absolute Gasteiger partial charge is 1.00 e. The minimum Gasteiger partial charge on any atom is -1.00 e. The van der Waals surface area contributed by atoms with Gasteiger partial charge in [0.2, 0.25) is 0 Å². The number of fused-ring (bicyclic) bond motifs is 3. The quantitative estimate of drug-likeness (QED) is 0.357. The van der Waals surface area contributed by atoms with Gasteiger partial charge in [0.1, 0.15) is 0 Å². The average molecular weight is 578 g/mol. The molecule has 0 spiro atoms. The van der Waals surface area contributed by atoms with Gasteiger partial charge < -0.3 is 24.8 Å². The zero-order valence-corrected chi connectivity index (χ0v) is 21.7. The topological polar surface area (TPSA) is 0 Å². The molecular weight excluding hydrogens is 554 g/mol. The first-order valence-electron chi connectivity index (χ1n) is 9.17. The average Bonchev–Trinajstić information content (AvgIpc) is 3.26. The van der Waals surface area contributed by atoms with Crippen molar-refractivity contribution < 1.29 is 50.7 Å². The number of rotatable bonds is 2. The molecule has 2 aromatic carbocycles. The molecule has 0 bridgehead atoms. The largest absolute Gasteiger partial charge is 4.00 e. The predicted octanol–water partition coefficient (Wildman–Crippen LogP) is 0.322. The predicted molar refractivity (Wildman–Crippen MR) is 105 cm³/mol. The molecule has 0 aromatic heterocycles. The zero-order valence-electron chi connectivity index (χ0n) is 15.6. The Morgan fingerprint density at radius 1 is 1.04 bits per heavy atom. The van der Waals surface area contributed by atoms with Gasteiger partial charge in [-0.2, -0.15) is 30.3 Å². The van der Waals surface area contributed by atoms with Crippen molar-refractivity contribution in [2.45, 2.75) is 43.4 Å². The van der Waals surface area contributed by atoms with Gasteiger partial charge in [0.15, 0.2) is 0 Å². The van der Waals surface area contributed by atoms with Crippen LogP contribution in [0, 0.1) is 12.1 Å². The monoisotopic (exact) mass is 578 g/mol. The van der Waals surface area contributed by atoms with Crippen LogP contribution in [0.25, 0.3) is 11.1 Å². The second kappa shape index (κ2) is 10.9. The fraction of sp³-hybridized carbons (Fsp3) is 0.304. The van der Waals surface area contributed by atoms with E-state index < -0.39 is 8.07 Å². The number of allylic oxidation sites excluding steroid dienone is 4. The Balaban J connectivity index is 0.000000402. The third-order valence-electron chi connectivity index (χ3n) is 5.99. The Hall–Kier alpha value is -0.413. The van der Waals surface area contributed by atoms with Crippen molar-refractivity contribution >= 4 is 8.07 Å². The molecule has 1 heterocycles. The van der Waals surface area contributed by atoms with E-state index >= 15 is 0 Å². The van der Waals surface area contributed by atoms with Crippen LogP contribution in [0.2, 0.25) is 18.1 Å². The summed E-state index contributed by atoms with van der Waals surface area (Å²) in [6.45, 7) is 2.43. The molecule has 5 rings (SSSR count). The van der Waals surface area contributed by atoms with E-state index in [-0.39, 0.29) is 50.7 Å². The molecule has 2 aliphatic carbocycles. The normalized spacial score (nSPS) is 19.1. The molecule has 3 aliphatic rings. The van der Waals surface area contributed by atoms with Gasteiger partial charge >= 0.3 is 25.8 Å². The van der Waals surface area contributed by atoms with Crippen LogP contribution >= 0.6 is 0 Å². The Morgan fingerprint density at radius 2 is 1.78 bits per heavy atom. The Labute approximate surface area is 196 Å². The van der Waals surface area contributed by atoms with Crippen molar-refractivity contribution in [3.05, 3.63) is 84.0 Å². The molecule has 0 amide bonds. The van der Waals surface area contributed by atoms with E-state index in [9.17, 15) is 0 Å². The van der Waals surface area contributed by atoms with Crippen LogP contribution in [0.4, 0.5) is 0 Å². The number of hydrogen-bond donors (Lipinski definition) is 0. The van der Waals surface area contributed by atoms with E-state index in [4.69, 9.17) is 0 Å². The summed E-state index contributed by atoms with van der Waals surface area (Å²) in [5.41, 5.74) is 6.77. The van der Waals surface area contributed by atoms with Crippen molar-refractivity contribution in [2.24, 2.45) is 0 Å². The van der Waals surface area contributed by atoms with Crippen molar-refractivity contribution in [3.63, 3.8) is 0 Å². The molecule has 0 radical (unpaired) electrons. The number of halogens is 2. The molecule has 1 aliphatic heterocycles. The first kappa shape index (κ1) is 24.6. The summed E-state index contributed by atoms with van der Waals surface area (Å²) >= 11 is 0. The van der Waals surface area contributed by atoms with Crippen LogP contribution in [-0.2, 0) is 25.8 Å². The molecule has 138 valence electrons. The maximum Gasteiger partial charge on any atom is 4.00 e. The molecule has 1 saturated heterocycles. The summed E-state index contributed by atoms with van der Waals surface area (Å²) in [6.07, 6.45) is 11.5. The van der Waals surface area contributed by atoms with E-state index in [2.05, 4.69) is 67.6 Å². The molecule has 1 unspecified atom stereocenters. The first-order chi connectivity index (χ1) is 11.9. The Morgan fingerprint density at radius 3 is 2.33 bits per heavy atom. The van der Waals surface area contributed by atoms with Crippen LogP contribution in [0.5, 0.6) is 0 Å². The SMILES string of the molecule is CC[Si]1(C2c3[c-]cccc3-c3ccccc32)CCC1.[C-]1=CC=CC1.[Cl-].[Cl-].[Hf+4]. The molecule has 1 fully saturated rings. The summed E-state index contributed by atoms with van der Waals surface area (Å²) in [7, 11) is -1.12. The van der Waals surface area contributed by atoms with Crippen LogP contribution in [-0.4, -0.2) is 8.07 Å². The zero-order chi connectivity index (χ0) is 16.4. The van der Waals surface area contributed by atoms with Gasteiger partial charge in [-0.1, -0.05) is 61.3 Å². The second-order valence-corrected chi connectivity index (χ2v) is 12.1. The second-order valence-electron chi connectivity index (χ2n) is 7.09. The molecule has 0 N–H and O–H groups in total. The van der Waals surface area contributed by atoms with E-state index in [0.29, 0.717) is 0 Å². The van der Waals surface area contributed by atoms with Crippen LogP contribution in [0.3, 0.4) is 0 Å². The fourth-order valence-electron chi connectivity index (χ4n) is 4.53. The standard InChI is InChI=1S/C18H19Si.C5H5.2ClH.Hf/c1-2-19(12-7-13-19)18-16-10-5-3-8-14(16)15-9-4-6-11-17(15)18;1-2-4-5-3-1;;;/h3-6,8-10,18H,2,7,12-13H2,1H3;1-3H,4H2;2*1H;/q2*-1;;;+4/p-2. The summed E-state index contributed by atoms with van der Waals surface area (Å²) in [6, 6.07) is 23.7. The minimum atomic E-state index is -1.12. The van der Waals surface area contributed by atoms with Crippen LogP contribution < -0.4 is 24.8 Å². The summed E-state index contributed by atoms with van der Waals surface area (Å²) in [5, 5.41) is 0.